The Labute approximate surface area is 149 Å². The summed E-state index contributed by atoms with van der Waals surface area (Å²) in [5.74, 6) is -0.648. The molecule has 1 heterocycles. The Morgan fingerprint density at radius 3 is 2.80 bits per heavy atom. The van der Waals surface area contributed by atoms with Crippen LogP contribution in [0.1, 0.15) is 16.8 Å². The highest BCUT2D eigenvalue weighted by molar-refractivity contribution is 7.71. The van der Waals surface area contributed by atoms with Crippen molar-refractivity contribution in [1.82, 2.24) is 14.5 Å². The number of aromatic amines is 1. The number of allylic oxidation sites excluding steroid dienone is 1. The predicted molar refractivity (Wildman–Crippen MR) is 97.2 cm³/mol. The fourth-order valence-electron chi connectivity index (χ4n) is 2.37. The molecule has 0 fully saturated rings. The van der Waals surface area contributed by atoms with Gasteiger partial charge in [-0.05, 0) is 30.4 Å². The lowest BCUT2D eigenvalue weighted by atomic mass is 10.1. The van der Waals surface area contributed by atoms with E-state index in [-0.39, 0.29) is 35.2 Å². The molecule has 0 atom stereocenters. The Bertz CT molecular complexity index is 945. The van der Waals surface area contributed by atoms with Crippen molar-refractivity contribution in [2.45, 2.75) is 13.0 Å². The summed E-state index contributed by atoms with van der Waals surface area (Å²) in [6.45, 7) is 4.15. The molecule has 0 spiro atoms. The number of benzene rings is 1. The normalized spacial score (nSPS) is 10.5. The van der Waals surface area contributed by atoms with Gasteiger partial charge in [0, 0.05) is 25.7 Å². The van der Waals surface area contributed by atoms with E-state index in [9.17, 15) is 14.4 Å². The first kappa shape index (κ1) is 18.6. The van der Waals surface area contributed by atoms with E-state index in [1.165, 1.54) is 16.6 Å². The molecule has 8 heteroatoms. The maximum atomic E-state index is 12.5. The molecule has 132 valence electrons. The van der Waals surface area contributed by atoms with Crippen LogP contribution in [0.3, 0.4) is 0 Å². The Morgan fingerprint density at radius 1 is 1.44 bits per heavy atom. The smallest absolute Gasteiger partial charge is 0.307 e. The van der Waals surface area contributed by atoms with Crippen LogP contribution in [0.2, 0.25) is 0 Å². The van der Waals surface area contributed by atoms with Crippen molar-refractivity contribution < 1.29 is 14.3 Å². The van der Waals surface area contributed by atoms with E-state index in [1.54, 1.807) is 31.3 Å². The van der Waals surface area contributed by atoms with Crippen LogP contribution in [-0.4, -0.2) is 47.0 Å². The molecule has 2 aromatic rings. The van der Waals surface area contributed by atoms with Gasteiger partial charge in [0.2, 0.25) is 0 Å². The summed E-state index contributed by atoms with van der Waals surface area (Å²) < 4.78 is 6.23. The zero-order valence-corrected chi connectivity index (χ0v) is 14.9. The number of nitrogens with one attached hydrogen (secondary N) is 1. The van der Waals surface area contributed by atoms with E-state index in [4.69, 9.17) is 12.2 Å². The van der Waals surface area contributed by atoms with Crippen molar-refractivity contribution in [2.75, 3.05) is 20.7 Å². The lowest BCUT2D eigenvalue weighted by Crippen LogP contribution is -2.29. The maximum absolute atomic E-state index is 12.5. The lowest BCUT2D eigenvalue weighted by Gasteiger charge is -2.16. The highest BCUT2D eigenvalue weighted by atomic mass is 32.1. The Hall–Kier alpha value is -2.74. The molecule has 1 amide bonds. The zero-order valence-electron chi connectivity index (χ0n) is 14.1. The van der Waals surface area contributed by atoms with Crippen LogP contribution in [-0.2, 0) is 16.1 Å². The van der Waals surface area contributed by atoms with Gasteiger partial charge in [-0.25, -0.2) is 0 Å². The molecule has 1 aromatic carbocycles. The molecule has 2 rings (SSSR count). The van der Waals surface area contributed by atoms with Crippen LogP contribution in [0.5, 0.6) is 0 Å². The minimum absolute atomic E-state index is 0.112. The van der Waals surface area contributed by atoms with Crippen LogP contribution in [0.4, 0.5) is 0 Å². The predicted octanol–water partition coefficient (Wildman–Crippen LogP) is 1.88. The Balaban J connectivity index is 2.35. The number of hydrogen-bond donors (Lipinski definition) is 1. The SMILES string of the molecule is C=CCn1c(=S)[nH]c2cc(C(=O)N(C)CCC(=O)OC)ccc2c1=O. The lowest BCUT2D eigenvalue weighted by molar-refractivity contribution is -0.140. The standard InChI is InChI=1S/C17H19N3O4S/c1-4-8-20-16(23)12-6-5-11(10-13(12)18-17(20)25)15(22)19(2)9-7-14(21)24-3/h4-6,10H,1,7-9H2,2-3H3,(H,18,25). The van der Waals surface area contributed by atoms with Crippen LogP contribution < -0.4 is 5.56 Å². The molecule has 25 heavy (non-hydrogen) atoms. The van der Waals surface area contributed by atoms with Gasteiger partial charge in [0.1, 0.15) is 0 Å². The van der Waals surface area contributed by atoms with Crippen molar-refractivity contribution in [2.24, 2.45) is 0 Å². The number of fused-ring (bicyclic) bond motifs is 1. The molecule has 7 nitrogen and oxygen atoms in total. The zero-order chi connectivity index (χ0) is 18.6. The number of amides is 1. The highest BCUT2D eigenvalue weighted by Crippen LogP contribution is 2.13. The second-order valence-corrected chi connectivity index (χ2v) is 5.83. The average Bonchev–Trinajstić information content (AvgIpc) is 2.61. The van der Waals surface area contributed by atoms with Crippen molar-refractivity contribution in [3.63, 3.8) is 0 Å². The number of H-pyrrole nitrogens is 1. The topological polar surface area (TPSA) is 84.4 Å². The molecule has 0 bridgehead atoms. The van der Waals surface area contributed by atoms with E-state index >= 15 is 0 Å². The summed E-state index contributed by atoms with van der Waals surface area (Å²) in [5.41, 5.74) is 0.644. The third-order valence-corrected chi connectivity index (χ3v) is 4.09. The van der Waals surface area contributed by atoms with Gasteiger partial charge >= 0.3 is 5.97 Å². The van der Waals surface area contributed by atoms with Crippen molar-refractivity contribution >= 4 is 35.0 Å². The van der Waals surface area contributed by atoms with E-state index in [1.807, 2.05) is 0 Å². The van der Waals surface area contributed by atoms with Gasteiger partial charge in [-0.1, -0.05) is 6.08 Å². The molecule has 0 unspecified atom stereocenters. The molecular weight excluding hydrogens is 342 g/mol. The number of rotatable bonds is 6. The summed E-state index contributed by atoms with van der Waals surface area (Å²) in [5, 5.41) is 0.434. The van der Waals surface area contributed by atoms with Gasteiger partial charge in [-0.15, -0.1) is 6.58 Å². The van der Waals surface area contributed by atoms with Crippen molar-refractivity contribution in [3.8, 4) is 0 Å². The third-order valence-electron chi connectivity index (χ3n) is 3.77. The van der Waals surface area contributed by atoms with E-state index in [2.05, 4.69) is 16.3 Å². The average molecular weight is 361 g/mol. The summed E-state index contributed by atoms with van der Waals surface area (Å²) >= 11 is 5.19. The third kappa shape index (κ3) is 4.03. The van der Waals surface area contributed by atoms with Gasteiger partial charge < -0.3 is 14.6 Å². The van der Waals surface area contributed by atoms with Gasteiger partial charge in [0.25, 0.3) is 11.5 Å². The summed E-state index contributed by atoms with van der Waals surface area (Å²) in [6, 6.07) is 4.75. The van der Waals surface area contributed by atoms with Gasteiger partial charge in [0.05, 0.1) is 24.4 Å². The van der Waals surface area contributed by atoms with Crippen molar-refractivity contribution in [3.05, 3.63) is 51.5 Å². The van der Waals surface area contributed by atoms with Gasteiger partial charge in [0.15, 0.2) is 4.77 Å². The molecule has 0 saturated heterocycles. The summed E-state index contributed by atoms with van der Waals surface area (Å²) in [6.07, 6.45) is 1.70. The highest BCUT2D eigenvalue weighted by Gasteiger charge is 2.15. The fraction of sp³-hybridized carbons (Fsp3) is 0.294. The number of ether oxygens (including phenoxy) is 1. The maximum Gasteiger partial charge on any atom is 0.307 e. The number of nitrogens with zero attached hydrogens (tertiary/aromatic N) is 2. The summed E-state index contributed by atoms with van der Waals surface area (Å²) in [4.78, 5) is 40.5. The van der Waals surface area contributed by atoms with Crippen LogP contribution >= 0.6 is 12.2 Å². The summed E-state index contributed by atoms with van der Waals surface area (Å²) in [7, 11) is 2.90. The van der Waals surface area contributed by atoms with Crippen molar-refractivity contribution in [1.29, 1.82) is 0 Å². The molecule has 0 radical (unpaired) electrons. The Morgan fingerprint density at radius 2 is 2.16 bits per heavy atom. The molecule has 0 saturated carbocycles. The molecule has 0 aliphatic carbocycles. The largest absolute Gasteiger partial charge is 0.469 e. The second-order valence-electron chi connectivity index (χ2n) is 5.45. The minimum atomic E-state index is -0.384. The molecular formula is C17H19N3O4S. The van der Waals surface area contributed by atoms with Gasteiger partial charge in [-0.2, -0.15) is 0 Å². The quantitative estimate of drug-likeness (QED) is 0.482. The number of carbonyl (C=O) groups is 2. The number of carbonyl (C=O) groups excluding carboxylic acids is 2. The van der Waals surface area contributed by atoms with Gasteiger partial charge in [-0.3, -0.25) is 19.0 Å². The second kappa shape index (κ2) is 7.89. The first-order valence-electron chi connectivity index (χ1n) is 7.59. The van der Waals surface area contributed by atoms with Crippen LogP contribution in [0, 0.1) is 4.77 Å². The molecule has 1 aromatic heterocycles. The molecule has 1 N–H and O–H groups in total. The van der Waals surface area contributed by atoms with Crippen LogP contribution in [0.15, 0.2) is 35.6 Å². The number of esters is 1. The first-order chi connectivity index (χ1) is 11.9. The van der Waals surface area contributed by atoms with E-state index in [0.717, 1.165) is 0 Å². The van der Waals surface area contributed by atoms with E-state index < -0.39 is 0 Å². The number of aromatic nitrogens is 2. The Kier molecular flexibility index (Phi) is 5.87. The number of hydrogen-bond acceptors (Lipinski definition) is 5. The molecule has 0 aliphatic rings. The first-order valence-corrected chi connectivity index (χ1v) is 8.00. The fourth-order valence-corrected chi connectivity index (χ4v) is 2.63. The number of methoxy groups -OCH3 is 1. The van der Waals surface area contributed by atoms with E-state index in [0.29, 0.717) is 23.0 Å². The minimum Gasteiger partial charge on any atom is -0.469 e. The van der Waals surface area contributed by atoms with Crippen LogP contribution in [0.25, 0.3) is 10.9 Å². The molecule has 0 aliphatic heterocycles. The monoisotopic (exact) mass is 361 g/mol.